The molecule has 0 saturated carbocycles. The summed E-state index contributed by atoms with van der Waals surface area (Å²) in [6, 6.07) is 5.82. The molecular formula is C11H7Cl2N3O3. The predicted octanol–water partition coefficient (Wildman–Crippen LogP) is 2.51. The lowest BCUT2D eigenvalue weighted by Crippen LogP contribution is -2.23. The number of halogens is 2. The van der Waals surface area contributed by atoms with Crippen molar-refractivity contribution in [3.05, 3.63) is 66.5 Å². The summed E-state index contributed by atoms with van der Waals surface area (Å²) in [5.74, 6) is 0. The minimum atomic E-state index is -0.507. The summed E-state index contributed by atoms with van der Waals surface area (Å²) in [6.45, 7) is 0.160. The second-order valence-corrected chi connectivity index (χ2v) is 4.48. The zero-order valence-corrected chi connectivity index (χ0v) is 10.9. The van der Waals surface area contributed by atoms with Gasteiger partial charge in [-0.2, -0.15) is 5.10 Å². The molecule has 2 aromatic rings. The summed E-state index contributed by atoms with van der Waals surface area (Å²) < 4.78 is 1.13. The van der Waals surface area contributed by atoms with E-state index in [0.29, 0.717) is 5.56 Å². The third-order valence-corrected chi connectivity index (χ3v) is 3.17. The fourth-order valence-corrected chi connectivity index (χ4v) is 1.72. The monoisotopic (exact) mass is 299 g/mol. The molecule has 98 valence electrons. The van der Waals surface area contributed by atoms with Crippen molar-refractivity contribution in [2.24, 2.45) is 0 Å². The van der Waals surface area contributed by atoms with Gasteiger partial charge in [0.1, 0.15) is 5.02 Å². The summed E-state index contributed by atoms with van der Waals surface area (Å²) in [5.41, 5.74) is 0.171. The van der Waals surface area contributed by atoms with E-state index in [1.807, 2.05) is 0 Å². The molecule has 1 heterocycles. The molecule has 0 bridgehead atoms. The first-order valence-electron chi connectivity index (χ1n) is 5.13. The number of hydrogen-bond acceptors (Lipinski definition) is 4. The SMILES string of the molecule is O=c1c(Cl)c(Cl)cnn1Cc1ccc([N+](=O)[O-])cc1. The average Bonchev–Trinajstić information content (AvgIpc) is 2.40. The van der Waals surface area contributed by atoms with E-state index in [1.165, 1.54) is 18.3 Å². The van der Waals surface area contributed by atoms with Crippen molar-refractivity contribution in [1.82, 2.24) is 9.78 Å². The zero-order valence-electron chi connectivity index (χ0n) is 9.42. The summed E-state index contributed by atoms with van der Waals surface area (Å²) >= 11 is 11.4. The van der Waals surface area contributed by atoms with Gasteiger partial charge in [-0.15, -0.1) is 0 Å². The van der Waals surface area contributed by atoms with Crippen molar-refractivity contribution in [3.8, 4) is 0 Å². The van der Waals surface area contributed by atoms with Crippen molar-refractivity contribution < 1.29 is 4.92 Å². The fourth-order valence-electron chi connectivity index (χ4n) is 1.45. The number of non-ortho nitro benzene ring substituents is 1. The predicted molar refractivity (Wildman–Crippen MR) is 70.7 cm³/mol. The average molecular weight is 300 g/mol. The molecule has 0 amide bonds. The highest BCUT2D eigenvalue weighted by Crippen LogP contribution is 2.16. The van der Waals surface area contributed by atoms with Gasteiger partial charge in [-0.05, 0) is 5.56 Å². The lowest BCUT2D eigenvalue weighted by atomic mass is 10.2. The van der Waals surface area contributed by atoms with Crippen LogP contribution >= 0.6 is 23.2 Å². The van der Waals surface area contributed by atoms with E-state index in [2.05, 4.69) is 5.10 Å². The molecule has 0 N–H and O–H groups in total. The molecule has 0 fully saturated rings. The third kappa shape index (κ3) is 2.91. The fraction of sp³-hybridized carbons (Fsp3) is 0.0909. The molecule has 1 aromatic carbocycles. The maximum atomic E-state index is 11.7. The van der Waals surface area contributed by atoms with Crippen molar-refractivity contribution in [2.45, 2.75) is 6.54 Å². The Labute approximate surface area is 117 Å². The highest BCUT2D eigenvalue weighted by molar-refractivity contribution is 6.41. The van der Waals surface area contributed by atoms with E-state index in [-0.39, 0.29) is 22.3 Å². The number of nitro groups is 1. The first-order valence-corrected chi connectivity index (χ1v) is 5.89. The van der Waals surface area contributed by atoms with E-state index < -0.39 is 10.5 Å². The van der Waals surface area contributed by atoms with E-state index in [4.69, 9.17) is 23.2 Å². The third-order valence-electron chi connectivity index (χ3n) is 2.42. The first-order chi connectivity index (χ1) is 8.99. The Kier molecular flexibility index (Phi) is 3.82. The largest absolute Gasteiger partial charge is 0.287 e. The number of benzene rings is 1. The summed E-state index contributed by atoms with van der Waals surface area (Å²) in [4.78, 5) is 21.8. The molecule has 1 aromatic heterocycles. The Morgan fingerprint density at radius 1 is 1.26 bits per heavy atom. The van der Waals surface area contributed by atoms with Gasteiger partial charge in [0.15, 0.2) is 0 Å². The van der Waals surface area contributed by atoms with Gasteiger partial charge in [0, 0.05) is 12.1 Å². The quantitative estimate of drug-likeness (QED) is 0.644. The van der Waals surface area contributed by atoms with Gasteiger partial charge in [-0.1, -0.05) is 35.3 Å². The lowest BCUT2D eigenvalue weighted by Gasteiger charge is -2.05. The van der Waals surface area contributed by atoms with Crippen LogP contribution in [0.2, 0.25) is 10.0 Å². The maximum absolute atomic E-state index is 11.7. The molecule has 0 aliphatic heterocycles. The van der Waals surface area contributed by atoms with Crippen LogP contribution in [0.15, 0.2) is 35.3 Å². The van der Waals surface area contributed by atoms with Gasteiger partial charge in [0.25, 0.3) is 11.2 Å². The topological polar surface area (TPSA) is 78.0 Å². The number of nitrogens with zero attached hydrogens (tertiary/aromatic N) is 3. The lowest BCUT2D eigenvalue weighted by molar-refractivity contribution is -0.384. The Bertz CT molecular complexity index is 683. The van der Waals surface area contributed by atoms with Crippen LogP contribution < -0.4 is 5.56 Å². The molecule has 0 saturated heterocycles. The van der Waals surface area contributed by atoms with Crippen LogP contribution in [0.1, 0.15) is 5.56 Å². The number of hydrogen-bond donors (Lipinski definition) is 0. The summed E-state index contributed by atoms with van der Waals surface area (Å²) in [6.07, 6.45) is 1.27. The molecule has 0 aliphatic rings. The van der Waals surface area contributed by atoms with Crippen molar-refractivity contribution >= 4 is 28.9 Å². The highest BCUT2D eigenvalue weighted by Gasteiger charge is 2.09. The van der Waals surface area contributed by atoms with Gasteiger partial charge in [-0.3, -0.25) is 14.9 Å². The van der Waals surface area contributed by atoms with E-state index in [1.54, 1.807) is 12.1 Å². The van der Waals surface area contributed by atoms with Crippen LogP contribution in [0.25, 0.3) is 0 Å². The first kappa shape index (κ1) is 13.5. The molecule has 0 spiro atoms. The van der Waals surface area contributed by atoms with Crippen LogP contribution in [0, 0.1) is 10.1 Å². The summed E-state index contributed by atoms with van der Waals surface area (Å²) in [7, 11) is 0. The van der Waals surface area contributed by atoms with Crippen LogP contribution in [-0.4, -0.2) is 14.7 Å². The van der Waals surface area contributed by atoms with Crippen LogP contribution in [-0.2, 0) is 6.54 Å². The van der Waals surface area contributed by atoms with Gasteiger partial charge in [-0.25, -0.2) is 4.68 Å². The van der Waals surface area contributed by atoms with Crippen molar-refractivity contribution in [3.63, 3.8) is 0 Å². The summed E-state index contributed by atoms with van der Waals surface area (Å²) in [5, 5.41) is 14.3. The minimum absolute atomic E-state index is 0.0156. The molecular weight excluding hydrogens is 293 g/mol. The Morgan fingerprint density at radius 2 is 1.89 bits per heavy atom. The van der Waals surface area contributed by atoms with Gasteiger partial charge in [0.05, 0.1) is 22.7 Å². The smallest absolute Gasteiger partial charge is 0.266 e. The van der Waals surface area contributed by atoms with Gasteiger partial charge in [0.2, 0.25) is 0 Å². The maximum Gasteiger partial charge on any atom is 0.287 e. The zero-order chi connectivity index (χ0) is 14.0. The standard InChI is InChI=1S/C11H7Cl2N3O3/c12-9-5-14-15(11(17)10(9)13)6-7-1-3-8(4-2-7)16(18)19/h1-5H,6H2. The second kappa shape index (κ2) is 5.38. The van der Waals surface area contributed by atoms with E-state index in [0.717, 1.165) is 4.68 Å². The molecule has 2 rings (SSSR count). The Hall–Kier alpha value is -1.92. The number of rotatable bonds is 3. The normalized spacial score (nSPS) is 10.4. The minimum Gasteiger partial charge on any atom is -0.266 e. The van der Waals surface area contributed by atoms with Crippen molar-refractivity contribution in [2.75, 3.05) is 0 Å². The number of aromatic nitrogens is 2. The second-order valence-electron chi connectivity index (χ2n) is 3.69. The molecule has 19 heavy (non-hydrogen) atoms. The van der Waals surface area contributed by atoms with Gasteiger partial charge < -0.3 is 0 Å². The highest BCUT2D eigenvalue weighted by atomic mass is 35.5. The van der Waals surface area contributed by atoms with Crippen LogP contribution in [0.4, 0.5) is 5.69 Å². The Morgan fingerprint density at radius 3 is 2.47 bits per heavy atom. The van der Waals surface area contributed by atoms with E-state index >= 15 is 0 Å². The molecule has 0 aliphatic carbocycles. The van der Waals surface area contributed by atoms with Gasteiger partial charge >= 0.3 is 0 Å². The molecule has 0 unspecified atom stereocenters. The molecule has 8 heteroatoms. The van der Waals surface area contributed by atoms with Crippen molar-refractivity contribution in [1.29, 1.82) is 0 Å². The molecule has 0 radical (unpaired) electrons. The van der Waals surface area contributed by atoms with E-state index in [9.17, 15) is 14.9 Å². The van der Waals surface area contributed by atoms with Crippen LogP contribution in [0.5, 0.6) is 0 Å². The molecule has 6 nitrogen and oxygen atoms in total. The van der Waals surface area contributed by atoms with Crippen LogP contribution in [0.3, 0.4) is 0 Å². The molecule has 0 atom stereocenters. The Balaban J connectivity index is 2.29. The number of nitro benzene ring substituents is 1.